The van der Waals surface area contributed by atoms with Crippen molar-refractivity contribution in [3.8, 4) is 5.75 Å². The topological polar surface area (TPSA) is 79.2 Å². The van der Waals surface area contributed by atoms with Crippen LogP contribution in [0.2, 0.25) is 0 Å². The first-order valence-electron chi connectivity index (χ1n) is 5.73. The number of ether oxygens (including phenoxy) is 1. The average molecular weight is 272 g/mol. The van der Waals surface area contributed by atoms with Crippen LogP contribution in [0.25, 0.3) is 6.08 Å². The largest absolute Gasteiger partial charge is 0.508 e. The highest BCUT2D eigenvalue weighted by Gasteiger charge is 2.29. The SMILES string of the molecule is C=CC(=O)OC1=NC(=Cc2ccc(O)cc2)C(=O)N1C. The van der Waals surface area contributed by atoms with Gasteiger partial charge >= 0.3 is 12.0 Å². The number of rotatable bonds is 2. The Balaban J connectivity index is 2.27. The lowest BCUT2D eigenvalue weighted by Crippen LogP contribution is -2.30. The summed E-state index contributed by atoms with van der Waals surface area (Å²) in [6, 6.07) is 6.18. The number of amidine groups is 1. The Morgan fingerprint density at radius 2 is 2.05 bits per heavy atom. The van der Waals surface area contributed by atoms with Gasteiger partial charge in [0.25, 0.3) is 5.91 Å². The van der Waals surface area contributed by atoms with E-state index in [0.29, 0.717) is 5.56 Å². The van der Waals surface area contributed by atoms with Crippen molar-refractivity contribution in [1.82, 2.24) is 4.90 Å². The molecule has 102 valence electrons. The van der Waals surface area contributed by atoms with Gasteiger partial charge < -0.3 is 9.84 Å². The number of amides is 1. The van der Waals surface area contributed by atoms with E-state index >= 15 is 0 Å². The molecule has 0 aromatic heterocycles. The molecular weight excluding hydrogens is 260 g/mol. The molecule has 1 heterocycles. The maximum absolute atomic E-state index is 11.9. The van der Waals surface area contributed by atoms with E-state index in [0.717, 1.165) is 11.0 Å². The number of aromatic hydroxyl groups is 1. The second-order valence-corrected chi connectivity index (χ2v) is 4.00. The highest BCUT2D eigenvalue weighted by molar-refractivity contribution is 6.13. The average Bonchev–Trinajstić information content (AvgIpc) is 2.69. The number of carbonyl (C=O) groups is 2. The van der Waals surface area contributed by atoms with Gasteiger partial charge in [-0.3, -0.25) is 9.69 Å². The van der Waals surface area contributed by atoms with Gasteiger partial charge in [0.2, 0.25) is 0 Å². The van der Waals surface area contributed by atoms with E-state index in [-0.39, 0.29) is 23.4 Å². The first-order chi connectivity index (χ1) is 9.51. The number of likely N-dealkylation sites (N-methyl/N-ethyl adjacent to an activating group) is 1. The number of phenols is 1. The lowest BCUT2D eigenvalue weighted by molar-refractivity contribution is -0.131. The van der Waals surface area contributed by atoms with E-state index in [1.165, 1.54) is 25.3 Å². The van der Waals surface area contributed by atoms with E-state index in [9.17, 15) is 14.7 Å². The summed E-state index contributed by atoms with van der Waals surface area (Å²) >= 11 is 0. The van der Waals surface area contributed by atoms with Gasteiger partial charge in [0.15, 0.2) is 0 Å². The Morgan fingerprint density at radius 1 is 1.40 bits per heavy atom. The van der Waals surface area contributed by atoms with Gasteiger partial charge in [0, 0.05) is 13.1 Å². The number of carbonyl (C=O) groups excluding carboxylic acids is 2. The van der Waals surface area contributed by atoms with Crippen LogP contribution >= 0.6 is 0 Å². The summed E-state index contributed by atoms with van der Waals surface area (Å²) in [4.78, 5) is 28.1. The molecule has 1 aliphatic heterocycles. The standard InChI is InChI=1S/C14H12N2O4/c1-3-12(18)20-14-15-11(13(19)16(14)2)8-9-4-6-10(17)7-5-9/h3-8,17H,1H2,2H3. The molecule has 1 amide bonds. The fraction of sp³-hybridized carbons (Fsp3) is 0.0714. The van der Waals surface area contributed by atoms with Crippen LogP contribution in [0.5, 0.6) is 5.75 Å². The number of esters is 1. The minimum absolute atomic E-state index is 0.0927. The van der Waals surface area contributed by atoms with Crippen LogP contribution in [-0.4, -0.2) is 35.0 Å². The number of nitrogens with zero attached hydrogens (tertiary/aromatic N) is 2. The molecule has 0 saturated heterocycles. The monoisotopic (exact) mass is 272 g/mol. The Labute approximate surface area is 115 Å². The number of hydrogen-bond donors (Lipinski definition) is 1. The maximum Gasteiger partial charge on any atom is 0.337 e. The molecule has 1 N–H and O–H groups in total. The molecule has 0 atom stereocenters. The molecule has 1 aromatic rings. The molecule has 6 heteroatoms. The van der Waals surface area contributed by atoms with Crippen LogP contribution in [0.1, 0.15) is 5.56 Å². The molecule has 20 heavy (non-hydrogen) atoms. The van der Waals surface area contributed by atoms with Crippen molar-refractivity contribution in [3.63, 3.8) is 0 Å². The predicted octanol–water partition coefficient (Wildman–Crippen LogP) is 1.29. The van der Waals surface area contributed by atoms with Crippen LogP contribution < -0.4 is 0 Å². The first-order valence-corrected chi connectivity index (χ1v) is 5.73. The molecule has 0 aliphatic carbocycles. The molecule has 1 aromatic carbocycles. The molecular formula is C14H12N2O4. The summed E-state index contributed by atoms with van der Waals surface area (Å²) in [6.07, 6.45) is 2.52. The number of phenolic OH excluding ortho intramolecular Hbond substituents is 1. The van der Waals surface area contributed by atoms with Gasteiger partial charge in [-0.15, -0.1) is 0 Å². The van der Waals surface area contributed by atoms with Gasteiger partial charge in [-0.25, -0.2) is 4.79 Å². The predicted molar refractivity (Wildman–Crippen MR) is 72.6 cm³/mol. The Bertz CT molecular complexity index is 629. The third-order valence-corrected chi connectivity index (χ3v) is 2.58. The van der Waals surface area contributed by atoms with Crippen molar-refractivity contribution in [2.24, 2.45) is 4.99 Å². The van der Waals surface area contributed by atoms with Crippen molar-refractivity contribution in [2.45, 2.75) is 0 Å². The molecule has 0 spiro atoms. The van der Waals surface area contributed by atoms with Gasteiger partial charge in [-0.2, -0.15) is 4.99 Å². The summed E-state index contributed by atoms with van der Waals surface area (Å²) in [5.74, 6) is -0.939. The van der Waals surface area contributed by atoms with E-state index in [4.69, 9.17) is 4.74 Å². The molecule has 0 radical (unpaired) electrons. The third kappa shape index (κ3) is 2.74. The van der Waals surface area contributed by atoms with Crippen LogP contribution in [-0.2, 0) is 14.3 Å². The number of aliphatic imine (C=N–C) groups is 1. The molecule has 6 nitrogen and oxygen atoms in total. The zero-order valence-electron chi connectivity index (χ0n) is 10.7. The summed E-state index contributed by atoms with van der Waals surface area (Å²) in [5.41, 5.74) is 0.838. The van der Waals surface area contributed by atoms with Crippen molar-refractivity contribution >= 4 is 24.0 Å². The third-order valence-electron chi connectivity index (χ3n) is 2.58. The Morgan fingerprint density at radius 3 is 2.65 bits per heavy atom. The Hall–Kier alpha value is -2.89. The summed E-state index contributed by atoms with van der Waals surface area (Å²) in [5, 5.41) is 9.19. The molecule has 0 saturated carbocycles. The van der Waals surface area contributed by atoms with Crippen LogP contribution in [0.15, 0.2) is 47.6 Å². The zero-order valence-corrected chi connectivity index (χ0v) is 10.7. The van der Waals surface area contributed by atoms with Crippen LogP contribution in [0, 0.1) is 0 Å². The fourth-order valence-electron chi connectivity index (χ4n) is 1.53. The minimum Gasteiger partial charge on any atom is -0.508 e. The Kier molecular flexibility index (Phi) is 3.65. The molecule has 0 fully saturated rings. The normalized spacial score (nSPS) is 16.2. The van der Waals surface area contributed by atoms with Crippen molar-refractivity contribution in [3.05, 3.63) is 48.2 Å². The lowest BCUT2D eigenvalue weighted by atomic mass is 10.2. The van der Waals surface area contributed by atoms with E-state index in [1.54, 1.807) is 12.1 Å². The molecule has 1 aliphatic rings. The summed E-state index contributed by atoms with van der Waals surface area (Å²) in [7, 11) is 1.45. The molecule has 0 bridgehead atoms. The second kappa shape index (κ2) is 5.40. The smallest absolute Gasteiger partial charge is 0.337 e. The maximum atomic E-state index is 11.9. The summed E-state index contributed by atoms with van der Waals surface area (Å²) in [6.45, 7) is 3.27. The van der Waals surface area contributed by atoms with Gasteiger partial charge in [0.1, 0.15) is 11.4 Å². The summed E-state index contributed by atoms with van der Waals surface area (Å²) < 4.78 is 4.85. The second-order valence-electron chi connectivity index (χ2n) is 4.00. The van der Waals surface area contributed by atoms with Gasteiger partial charge in [-0.1, -0.05) is 18.7 Å². The van der Waals surface area contributed by atoms with Gasteiger partial charge in [0.05, 0.1) is 0 Å². The minimum atomic E-state index is -0.686. The van der Waals surface area contributed by atoms with E-state index in [2.05, 4.69) is 11.6 Å². The van der Waals surface area contributed by atoms with Crippen LogP contribution in [0.4, 0.5) is 0 Å². The highest BCUT2D eigenvalue weighted by atomic mass is 16.6. The van der Waals surface area contributed by atoms with Crippen molar-refractivity contribution in [2.75, 3.05) is 7.05 Å². The van der Waals surface area contributed by atoms with Crippen molar-refractivity contribution < 1.29 is 19.4 Å². The number of hydrogen-bond acceptors (Lipinski definition) is 5. The first kappa shape index (κ1) is 13.5. The fourth-order valence-corrected chi connectivity index (χ4v) is 1.53. The van der Waals surface area contributed by atoms with E-state index < -0.39 is 5.97 Å². The highest BCUT2D eigenvalue weighted by Crippen LogP contribution is 2.19. The van der Waals surface area contributed by atoms with Crippen molar-refractivity contribution in [1.29, 1.82) is 0 Å². The number of benzene rings is 1. The quantitative estimate of drug-likeness (QED) is 0.650. The van der Waals surface area contributed by atoms with E-state index in [1.807, 2.05) is 0 Å². The van der Waals surface area contributed by atoms with Crippen LogP contribution in [0.3, 0.4) is 0 Å². The molecule has 2 rings (SSSR count). The lowest BCUT2D eigenvalue weighted by Gasteiger charge is -2.09. The molecule has 0 unspecified atom stereocenters. The van der Waals surface area contributed by atoms with Gasteiger partial charge in [-0.05, 0) is 23.8 Å². The zero-order chi connectivity index (χ0) is 14.7.